The highest BCUT2D eigenvalue weighted by Gasteiger charge is 2.27. The fourth-order valence-electron chi connectivity index (χ4n) is 2.95. The average molecular weight is 383 g/mol. The number of nitrogens with zero attached hydrogens (tertiary/aromatic N) is 3. The van der Waals surface area contributed by atoms with Gasteiger partial charge in [-0.05, 0) is 12.8 Å². The number of aromatic nitrogens is 1. The van der Waals surface area contributed by atoms with Crippen molar-refractivity contribution in [2.24, 2.45) is 0 Å². The van der Waals surface area contributed by atoms with Crippen molar-refractivity contribution >= 4 is 28.2 Å². The maximum Gasteiger partial charge on any atom is 0.237 e. The molecule has 1 fully saturated rings. The predicted octanol–water partition coefficient (Wildman–Crippen LogP) is 1.89. The van der Waals surface area contributed by atoms with E-state index in [-0.39, 0.29) is 24.3 Å². The Bertz CT molecular complexity index is 830. The van der Waals surface area contributed by atoms with Gasteiger partial charge in [0.05, 0.1) is 12.6 Å². The van der Waals surface area contributed by atoms with Gasteiger partial charge < -0.3 is 15.5 Å². The Morgan fingerprint density at radius 2 is 2.11 bits per heavy atom. The summed E-state index contributed by atoms with van der Waals surface area (Å²) in [5.74, 6) is -0.134. The van der Waals surface area contributed by atoms with E-state index in [0.29, 0.717) is 36.0 Å². The maximum absolute atomic E-state index is 12.3. The Balaban J connectivity index is 1.39. The molecule has 1 saturated heterocycles. The van der Waals surface area contributed by atoms with Crippen molar-refractivity contribution in [3.63, 3.8) is 0 Å². The Morgan fingerprint density at radius 1 is 1.30 bits per heavy atom. The quantitative estimate of drug-likeness (QED) is 0.534. The first-order valence-electron chi connectivity index (χ1n) is 8.88. The fraction of sp³-hybridized carbons (Fsp3) is 0.368. The zero-order valence-corrected chi connectivity index (χ0v) is 15.7. The highest BCUT2D eigenvalue weighted by Crippen LogP contribution is 2.18. The number of carbonyl (C=O) groups excluding carboxylic acids is 2. The Morgan fingerprint density at radius 3 is 2.89 bits per heavy atom. The number of hydrogen-bond acceptors (Lipinski definition) is 7. The second-order valence-electron chi connectivity index (χ2n) is 6.21. The molecule has 8 heteroatoms. The summed E-state index contributed by atoms with van der Waals surface area (Å²) in [7, 11) is 0. The van der Waals surface area contributed by atoms with Gasteiger partial charge in [0, 0.05) is 30.6 Å². The van der Waals surface area contributed by atoms with Gasteiger partial charge in [0.25, 0.3) is 0 Å². The summed E-state index contributed by atoms with van der Waals surface area (Å²) in [6.07, 6.45) is 1.65. The molecule has 1 aromatic heterocycles. The summed E-state index contributed by atoms with van der Waals surface area (Å²) in [5.41, 5.74) is 1.04. The molecule has 2 N–H and O–H groups in total. The van der Waals surface area contributed by atoms with Crippen LogP contribution in [0.25, 0.3) is 0 Å². The van der Waals surface area contributed by atoms with Crippen LogP contribution in [-0.2, 0) is 4.79 Å². The molecule has 1 amide bonds. The van der Waals surface area contributed by atoms with Crippen molar-refractivity contribution in [1.29, 1.82) is 5.26 Å². The molecule has 3 rings (SSSR count). The number of thiazole rings is 1. The monoisotopic (exact) mass is 383 g/mol. The van der Waals surface area contributed by atoms with Gasteiger partial charge >= 0.3 is 0 Å². The highest BCUT2D eigenvalue weighted by atomic mass is 32.1. The van der Waals surface area contributed by atoms with Gasteiger partial charge in [0.2, 0.25) is 11.7 Å². The zero-order chi connectivity index (χ0) is 19.1. The minimum Gasteiger partial charge on any atom is -0.360 e. The van der Waals surface area contributed by atoms with Crippen LogP contribution in [0.3, 0.4) is 0 Å². The van der Waals surface area contributed by atoms with Crippen molar-refractivity contribution in [1.82, 2.24) is 15.2 Å². The van der Waals surface area contributed by atoms with E-state index in [4.69, 9.17) is 5.26 Å². The molecule has 0 spiro atoms. The van der Waals surface area contributed by atoms with Crippen molar-refractivity contribution in [2.45, 2.75) is 18.9 Å². The van der Waals surface area contributed by atoms with Crippen molar-refractivity contribution in [3.05, 3.63) is 47.0 Å². The lowest BCUT2D eigenvalue weighted by Gasteiger charge is -2.19. The molecule has 2 heterocycles. The lowest BCUT2D eigenvalue weighted by molar-refractivity contribution is -0.130. The van der Waals surface area contributed by atoms with E-state index in [1.54, 1.807) is 22.4 Å². The Hall–Kier alpha value is -2.76. The van der Waals surface area contributed by atoms with E-state index in [2.05, 4.69) is 21.7 Å². The molecule has 1 atom stereocenters. The van der Waals surface area contributed by atoms with Gasteiger partial charge in [0.1, 0.15) is 11.7 Å². The normalized spacial score (nSPS) is 16.1. The van der Waals surface area contributed by atoms with E-state index in [1.807, 2.05) is 18.2 Å². The fourth-order valence-corrected chi connectivity index (χ4v) is 3.67. The van der Waals surface area contributed by atoms with Crippen molar-refractivity contribution in [2.75, 3.05) is 31.5 Å². The minimum absolute atomic E-state index is 0.0379. The van der Waals surface area contributed by atoms with Crippen LogP contribution in [0.5, 0.6) is 0 Å². The Kier molecular flexibility index (Phi) is 6.52. The highest BCUT2D eigenvalue weighted by molar-refractivity contribution is 7.13. The number of nitriles is 1. The van der Waals surface area contributed by atoms with Gasteiger partial charge in [-0.1, -0.05) is 30.3 Å². The van der Waals surface area contributed by atoms with E-state index >= 15 is 0 Å². The first-order valence-corrected chi connectivity index (χ1v) is 9.76. The standard InChI is InChI=1S/C19H21N5O2S/c20-11-15-7-4-10-24(15)17(25)12-21-8-9-22-19-23-16(13-27-19)18(26)14-5-2-1-3-6-14/h1-3,5-6,13,15,21H,4,7-10,12H2,(H,22,23)/t15-/m0/s1. The molecule has 1 aliphatic heterocycles. The zero-order valence-electron chi connectivity index (χ0n) is 14.9. The van der Waals surface area contributed by atoms with E-state index in [1.165, 1.54) is 11.3 Å². The van der Waals surface area contributed by atoms with Crippen LogP contribution in [-0.4, -0.2) is 53.8 Å². The molecule has 0 radical (unpaired) electrons. The lowest BCUT2D eigenvalue weighted by atomic mass is 10.1. The van der Waals surface area contributed by atoms with Crippen LogP contribution in [0, 0.1) is 11.3 Å². The summed E-state index contributed by atoms with van der Waals surface area (Å²) in [6.45, 7) is 2.05. The number of ketones is 1. The smallest absolute Gasteiger partial charge is 0.237 e. The number of carbonyl (C=O) groups is 2. The summed E-state index contributed by atoms with van der Waals surface area (Å²) in [6, 6.07) is 10.9. The van der Waals surface area contributed by atoms with Crippen LogP contribution >= 0.6 is 11.3 Å². The second-order valence-corrected chi connectivity index (χ2v) is 7.07. The summed E-state index contributed by atoms with van der Waals surface area (Å²) < 4.78 is 0. The molecule has 0 aliphatic carbocycles. The molecule has 27 heavy (non-hydrogen) atoms. The molecule has 1 aliphatic rings. The van der Waals surface area contributed by atoms with E-state index in [0.717, 1.165) is 12.8 Å². The van der Waals surface area contributed by atoms with Gasteiger partial charge in [-0.25, -0.2) is 4.98 Å². The topological polar surface area (TPSA) is 98.1 Å². The lowest BCUT2D eigenvalue weighted by Crippen LogP contribution is -2.41. The van der Waals surface area contributed by atoms with Crippen LogP contribution in [0.4, 0.5) is 5.13 Å². The second kappa shape index (κ2) is 9.26. The molecular formula is C19H21N5O2S. The molecule has 2 aromatic rings. The summed E-state index contributed by atoms with van der Waals surface area (Å²) >= 11 is 1.38. The van der Waals surface area contributed by atoms with Crippen LogP contribution in [0.1, 0.15) is 28.9 Å². The number of hydrogen-bond donors (Lipinski definition) is 2. The first-order chi connectivity index (χ1) is 13.2. The average Bonchev–Trinajstić information content (AvgIpc) is 3.37. The predicted molar refractivity (Wildman–Crippen MR) is 104 cm³/mol. The molecule has 0 saturated carbocycles. The van der Waals surface area contributed by atoms with Crippen LogP contribution in [0.15, 0.2) is 35.7 Å². The molecule has 7 nitrogen and oxygen atoms in total. The van der Waals surface area contributed by atoms with Crippen LogP contribution < -0.4 is 10.6 Å². The van der Waals surface area contributed by atoms with Gasteiger partial charge in [0.15, 0.2) is 5.13 Å². The number of likely N-dealkylation sites (tertiary alicyclic amines) is 1. The SMILES string of the molecule is N#C[C@@H]1CCCN1C(=O)CNCCNc1nc(C(=O)c2ccccc2)cs1. The van der Waals surface area contributed by atoms with Crippen molar-refractivity contribution < 1.29 is 9.59 Å². The summed E-state index contributed by atoms with van der Waals surface area (Å²) in [5, 5.41) is 17.7. The largest absolute Gasteiger partial charge is 0.360 e. The van der Waals surface area contributed by atoms with E-state index < -0.39 is 0 Å². The third-order valence-electron chi connectivity index (χ3n) is 4.35. The minimum atomic E-state index is -0.284. The number of amides is 1. The van der Waals surface area contributed by atoms with Gasteiger partial charge in [-0.3, -0.25) is 9.59 Å². The molecular weight excluding hydrogens is 362 g/mol. The molecule has 0 unspecified atom stereocenters. The first kappa shape index (κ1) is 19.0. The number of benzene rings is 1. The maximum atomic E-state index is 12.3. The molecule has 1 aromatic carbocycles. The number of nitrogens with one attached hydrogen (secondary N) is 2. The number of anilines is 1. The third-order valence-corrected chi connectivity index (χ3v) is 5.15. The van der Waals surface area contributed by atoms with E-state index in [9.17, 15) is 9.59 Å². The summed E-state index contributed by atoms with van der Waals surface area (Å²) in [4.78, 5) is 30.4. The van der Waals surface area contributed by atoms with Crippen LogP contribution in [0.2, 0.25) is 0 Å². The number of rotatable bonds is 8. The molecule has 0 bridgehead atoms. The van der Waals surface area contributed by atoms with Crippen molar-refractivity contribution in [3.8, 4) is 6.07 Å². The molecule has 140 valence electrons. The van der Waals surface area contributed by atoms with Gasteiger partial charge in [-0.15, -0.1) is 11.3 Å². The van der Waals surface area contributed by atoms with Gasteiger partial charge in [-0.2, -0.15) is 5.26 Å². The Labute approximate surface area is 162 Å². The third kappa shape index (κ3) is 4.90.